The van der Waals surface area contributed by atoms with Gasteiger partial charge in [0.15, 0.2) is 0 Å². The van der Waals surface area contributed by atoms with Crippen LogP contribution in [-0.2, 0) is 33.3 Å². The predicted octanol–water partition coefficient (Wildman–Crippen LogP) is 18.8. The van der Waals surface area contributed by atoms with E-state index in [1.807, 2.05) is 72.7 Å². The normalized spacial score (nSPS) is 11.9. The molecule has 0 unspecified atom stereocenters. The summed E-state index contributed by atoms with van der Waals surface area (Å²) in [6.45, 7) is 38.6. The van der Waals surface area contributed by atoms with Gasteiger partial charge < -0.3 is 0 Å². The number of alkyl halides is 3. The molecule has 64 heavy (non-hydrogen) atoms. The second kappa shape index (κ2) is 23.3. The van der Waals surface area contributed by atoms with Crippen LogP contribution in [0.1, 0.15) is 165 Å². The second-order valence-electron chi connectivity index (χ2n) is 21.3. The molecule has 4 aromatic carbocycles. The van der Waals surface area contributed by atoms with Gasteiger partial charge in [-0.1, -0.05) is 174 Å². The maximum Gasteiger partial charge on any atom is 0.416 e. The number of aryl methyl sites for hydroxylation is 4. The van der Waals surface area contributed by atoms with Crippen LogP contribution >= 0.6 is 43.5 Å². The first kappa shape index (κ1) is 58.5. The van der Waals surface area contributed by atoms with Gasteiger partial charge in [0.2, 0.25) is 0 Å². The first-order valence-corrected chi connectivity index (χ1v) is 23.3. The van der Waals surface area contributed by atoms with E-state index in [0.717, 1.165) is 26.2 Å². The van der Waals surface area contributed by atoms with Gasteiger partial charge in [-0.2, -0.15) is 18.4 Å². The molecule has 0 radical (unpaired) electrons. The Bertz CT molecular complexity index is 2280. The SMILES string of the molecule is CC(C)(C)c1ccc(Br)c(Cl)c1.Cc1ccc(C(C)(C)C)cc1Br.Cc1ccc(C(C)(C)C)cc1C#N.Cc1ccc(C(C)(C)C)cc1C(F)(F)F.Cc1nccc(C(C)(C)C)c1F. The van der Waals surface area contributed by atoms with Crippen LogP contribution in [0.3, 0.4) is 0 Å². The van der Waals surface area contributed by atoms with E-state index in [0.29, 0.717) is 11.3 Å². The fourth-order valence-electron chi connectivity index (χ4n) is 5.75. The van der Waals surface area contributed by atoms with Crippen LogP contribution in [0.25, 0.3) is 0 Å². The van der Waals surface area contributed by atoms with Crippen LogP contribution in [0.2, 0.25) is 5.02 Å². The Morgan fingerprint density at radius 3 is 1.30 bits per heavy atom. The number of nitrogens with zero attached hydrogens (tertiary/aromatic N) is 2. The summed E-state index contributed by atoms with van der Waals surface area (Å²) in [4.78, 5) is 3.88. The molecule has 0 aliphatic heterocycles. The topological polar surface area (TPSA) is 36.7 Å². The number of hydrogen-bond donors (Lipinski definition) is 0. The molecule has 0 fully saturated rings. The summed E-state index contributed by atoms with van der Waals surface area (Å²) in [5.41, 5.74) is 8.78. The van der Waals surface area contributed by atoms with Crippen LogP contribution in [0.5, 0.6) is 0 Å². The van der Waals surface area contributed by atoms with Crippen molar-refractivity contribution < 1.29 is 17.6 Å². The monoisotopic (exact) mass is 1030 g/mol. The Balaban J connectivity index is 0.000000401. The van der Waals surface area contributed by atoms with Crippen molar-refractivity contribution in [1.29, 1.82) is 5.26 Å². The molecule has 5 aromatic rings. The molecule has 2 nitrogen and oxygen atoms in total. The fourth-order valence-corrected chi connectivity index (χ4v) is 6.56. The van der Waals surface area contributed by atoms with Crippen molar-refractivity contribution in [1.82, 2.24) is 4.98 Å². The van der Waals surface area contributed by atoms with Crippen molar-refractivity contribution in [3.8, 4) is 6.07 Å². The first-order chi connectivity index (χ1) is 28.8. The summed E-state index contributed by atoms with van der Waals surface area (Å²) >= 11 is 12.9. The van der Waals surface area contributed by atoms with Gasteiger partial charge in [0.05, 0.1) is 27.9 Å². The minimum Gasteiger partial charge on any atom is -0.259 e. The summed E-state index contributed by atoms with van der Waals surface area (Å²) < 4.78 is 53.4. The number of nitriles is 1. The van der Waals surface area contributed by atoms with Crippen LogP contribution < -0.4 is 0 Å². The third-order valence-electron chi connectivity index (χ3n) is 10.3. The van der Waals surface area contributed by atoms with Crippen LogP contribution in [0.15, 0.2) is 94.0 Å². The zero-order valence-corrected chi connectivity index (χ0v) is 45.6. The Morgan fingerprint density at radius 2 is 0.906 bits per heavy atom. The van der Waals surface area contributed by atoms with Gasteiger partial charge >= 0.3 is 6.18 Å². The maximum atomic E-state index is 13.4. The highest BCUT2D eigenvalue weighted by molar-refractivity contribution is 9.10. The Morgan fingerprint density at radius 1 is 0.500 bits per heavy atom. The van der Waals surface area contributed by atoms with Gasteiger partial charge in [-0.25, -0.2) is 4.39 Å². The standard InChI is InChI=1S/C12H15F3.C12H15N.C11H15Br.C10H12BrCl.C10H14FN/c1-8-5-6-9(11(2,3)4)7-10(8)12(13,14)15;1-9-5-6-11(12(2,3)4)7-10(9)8-13;1-8-5-6-9(7-10(8)12)11(2,3)4;1-10(2,3)7-4-5-8(11)9(12)6-7;1-7-9(11)8(5-6-12-7)10(2,3)4/h5-7H,1-4H3;5-7H,1-4H3;5-7H,1-4H3;4-6H,1-3H3;5-6H,1-4H3. The van der Waals surface area contributed by atoms with E-state index < -0.39 is 11.7 Å². The Hall–Kier alpha value is -3.51. The molecule has 0 saturated carbocycles. The summed E-state index contributed by atoms with van der Waals surface area (Å²) in [6, 6.07) is 27.2. The summed E-state index contributed by atoms with van der Waals surface area (Å²) in [5.74, 6) is -0.176. The van der Waals surface area contributed by atoms with Gasteiger partial charge in [-0.15, -0.1) is 0 Å². The van der Waals surface area contributed by atoms with Crippen LogP contribution in [0, 0.1) is 44.8 Å². The average molecular weight is 1030 g/mol. The zero-order chi connectivity index (χ0) is 50.0. The predicted molar refractivity (Wildman–Crippen MR) is 273 cm³/mol. The van der Waals surface area contributed by atoms with E-state index in [4.69, 9.17) is 16.9 Å². The van der Waals surface area contributed by atoms with Crippen LogP contribution in [0.4, 0.5) is 17.6 Å². The lowest BCUT2D eigenvalue weighted by Crippen LogP contribution is -2.14. The molecule has 0 N–H and O–H groups in total. The van der Waals surface area contributed by atoms with E-state index >= 15 is 0 Å². The highest BCUT2D eigenvalue weighted by atomic mass is 79.9. The smallest absolute Gasteiger partial charge is 0.259 e. The van der Waals surface area contributed by atoms with E-state index in [1.165, 1.54) is 45.8 Å². The lowest BCUT2D eigenvalue weighted by Gasteiger charge is -2.21. The van der Waals surface area contributed by atoms with E-state index in [2.05, 4.69) is 142 Å². The fraction of sp³-hybridized carbons (Fsp3) is 0.455. The van der Waals surface area contributed by atoms with Crippen molar-refractivity contribution in [2.45, 2.75) is 165 Å². The third-order valence-corrected chi connectivity index (χ3v) is 12.4. The lowest BCUT2D eigenvalue weighted by atomic mass is 9.85. The maximum absolute atomic E-state index is 13.4. The molecule has 0 saturated heterocycles. The molecule has 1 heterocycles. The number of hydrogen-bond acceptors (Lipinski definition) is 2. The molecule has 0 atom stereocenters. The minimum absolute atomic E-state index is 0.124. The summed E-state index contributed by atoms with van der Waals surface area (Å²) in [6.07, 6.45) is -2.61. The van der Waals surface area contributed by atoms with Crippen molar-refractivity contribution in [2.24, 2.45) is 0 Å². The average Bonchev–Trinajstić information content (AvgIpc) is 3.13. The zero-order valence-electron chi connectivity index (χ0n) is 41.6. The molecular weight excluding hydrogens is 960 g/mol. The van der Waals surface area contributed by atoms with Crippen molar-refractivity contribution in [3.05, 3.63) is 166 Å². The third kappa shape index (κ3) is 19.1. The van der Waals surface area contributed by atoms with Crippen LogP contribution in [-0.4, -0.2) is 4.98 Å². The second-order valence-corrected chi connectivity index (χ2v) is 23.4. The van der Waals surface area contributed by atoms with Crippen molar-refractivity contribution in [3.63, 3.8) is 0 Å². The van der Waals surface area contributed by atoms with Crippen molar-refractivity contribution in [2.75, 3.05) is 0 Å². The van der Waals surface area contributed by atoms with E-state index in [9.17, 15) is 17.6 Å². The van der Waals surface area contributed by atoms with Crippen molar-refractivity contribution >= 4 is 43.5 Å². The van der Waals surface area contributed by atoms with Gasteiger partial charge in [-0.3, -0.25) is 4.98 Å². The number of benzene rings is 4. The van der Waals surface area contributed by atoms with Gasteiger partial charge in [-0.05, 0) is 152 Å². The molecule has 0 aliphatic rings. The summed E-state index contributed by atoms with van der Waals surface area (Å²) in [7, 11) is 0. The minimum atomic E-state index is -4.26. The molecule has 0 aliphatic carbocycles. The first-order valence-electron chi connectivity index (χ1n) is 21.4. The number of pyridine rings is 1. The van der Waals surface area contributed by atoms with Gasteiger partial charge in [0.25, 0.3) is 0 Å². The Labute approximate surface area is 405 Å². The molecule has 0 bridgehead atoms. The van der Waals surface area contributed by atoms with E-state index in [1.54, 1.807) is 25.3 Å². The highest BCUT2D eigenvalue weighted by Gasteiger charge is 2.33. The quantitative estimate of drug-likeness (QED) is 0.145. The lowest BCUT2D eigenvalue weighted by molar-refractivity contribution is -0.138. The highest BCUT2D eigenvalue weighted by Crippen LogP contribution is 2.35. The molecule has 0 spiro atoms. The molecule has 350 valence electrons. The number of rotatable bonds is 0. The summed E-state index contributed by atoms with van der Waals surface area (Å²) in [5, 5.41) is 9.64. The van der Waals surface area contributed by atoms with E-state index in [-0.39, 0.29) is 38.5 Å². The molecule has 0 amide bonds. The molecule has 1 aromatic heterocycles. The molecule has 9 heteroatoms. The number of aromatic nitrogens is 1. The Kier molecular flexibility index (Phi) is 21.3. The molecular formula is C55H71Br2ClF4N2. The molecule has 5 rings (SSSR count). The number of halogens is 7. The van der Waals surface area contributed by atoms with Gasteiger partial charge in [0, 0.05) is 15.1 Å². The largest absolute Gasteiger partial charge is 0.416 e. The van der Waals surface area contributed by atoms with Gasteiger partial charge in [0.1, 0.15) is 5.82 Å².